The fourth-order valence-electron chi connectivity index (χ4n) is 2.68. The molecule has 1 fully saturated rings. The number of fused-ring (bicyclic) bond motifs is 1. The number of nitrogens with zero attached hydrogens (tertiary/aromatic N) is 3. The fraction of sp³-hybridized carbons (Fsp3) is 0.357. The summed E-state index contributed by atoms with van der Waals surface area (Å²) in [6, 6.07) is 3.58. The summed E-state index contributed by atoms with van der Waals surface area (Å²) in [7, 11) is 0. The standard InChI is InChI=1S/C14H15N3O3/c1-9-5-16(7-12(9)14(19)20)13(18)10-2-3-11-4-15-8-17(11)6-10/h2-4,6,8-9,12H,5,7H2,1H3,(H,19,20)/t9-,12-/m1/s1. The molecule has 1 saturated heterocycles. The lowest BCUT2D eigenvalue weighted by molar-refractivity contribution is -0.142. The Labute approximate surface area is 115 Å². The van der Waals surface area contributed by atoms with Crippen molar-refractivity contribution in [1.82, 2.24) is 14.3 Å². The molecule has 20 heavy (non-hydrogen) atoms. The van der Waals surface area contributed by atoms with E-state index >= 15 is 0 Å². The van der Waals surface area contributed by atoms with E-state index in [4.69, 9.17) is 5.11 Å². The smallest absolute Gasteiger partial charge is 0.308 e. The molecule has 104 valence electrons. The zero-order valence-corrected chi connectivity index (χ0v) is 11.1. The summed E-state index contributed by atoms with van der Waals surface area (Å²) >= 11 is 0. The van der Waals surface area contributed by atoms with Gasteiger partial charge in [0.05, 0.1) is 29.5 Å². The molecule has 0 aromatic carbocycles. The van der Waals surface area contributed by atoms with Crippen molar-refractivity contribution in [3.63, 3.8) is 0 Å². The minimum absolute atomic E-state index is 0.0200. The molecule has 1 amide bonds. The first-order valence-corrected chi connectivity index (χ1v) is 6.50. The molecule has 0 unspecified atom stereocenters. The van der Waals surface area contributed by atoms with E-state index in [0.717, 1.165) is 5.52 Å². The van der Waals surface area contributed by atoms with Crippen molar-refractivity contribution in [3.8, 4) is 0 Å². The van der Waals surface area contributed by atoms with Crippen LogP contribution in [0.2, 0.25) is 0 Å². The number of likely N-dealkylation sites (tertiary alicyclic amines) is 1. The number of hydrogen-bond acceptors (Lipinski definition) is 3. The number of aliphatic carboxylic acids is 1. The van der Waals surface area contributed by atoms with Gasteiger partial charge in [0.1, 0.15) is 0 Å². The lowest BCUT2D eigenvalue weighted by Crippen LogP contribution is -2.30. The maximum absolute atomic E-state index is 12.4. The van der Waals surface area contributed by atoms with E-state index in [-0.39, 0.29) is 18.4 Å². The lowest BCUT2D eigenvalue weighted by Gasteiger charge is -2.16. The first-order chi connectivity index (χ1) is 9.56. The monoisotopic (exact) mass is 273 g/mol. The van der Waals surface area contributed by atoms with E-state index in [0.29, 0.717) is 12.1 Å². The van der Waals surface area contributed by atoms with Gasteiger partial charge in [-0.2, -0.15) is 0 Å². The third kappa shape index (κ3) is 2.03. The molecule has 3 rings (SSSR count). The van der Waals surface area contributed by atoms with Crippen molar-refractivity contribution < 1.29 is 14.7 Å². The van der Waals surface area contributed by atoms with Gasteiger partial charge in [-0.3, -0.25) is 9.59 Å². The van der Waals surface area contributed by atoms with Gasteiger partial charge in [-0.25, -0.2) is 4.98 Å². The molecule has 0 aliphatic carbocycles. The van der Waals surface area contributed by atoms with Gasteiger partial charge in [-0.1, -0.05) is 6.92 Å². The van der Waals surface area contributed by atoms with Crippen molar-refractivity contribution in [2.24, 2.45) is 11.8 Å². The molecule has 0 saturated carbocycles. The quantitative estimate of drug-likeness (QED) is 0.890. The van der Waals surface area contributed by atoms with Crippen LogP contribution in [-0.2, 0) is 4.79 Å². The predicted octanol–water partition coefficient (Wildman–Crippen LogP) is 1.13. The minimum atomic E-state index is -0.835. The Kier molecular flexibility index (Phi) is 2.93. The van der Waals surface area contributed by atoms with Crippen molar-refractivity contribution >= 4 is 17.4 Å². The topological polar surface area (TPSA) is 74.9 Å². The van der Waals surface area contributed by atoms with Crippen molar-refractivity contribution in [2.45, 2.75) is 6.92 Å². The molecule has 2 aromatic rings. The number of rotatable bonds is 2. The van der Waals surface area contributed by atoms with E-state index in [9.17, 15) is 9.59 Å². The Balaban J connectivity index is 1.84. The highest BCUT2D eigenvalue weighted by Crippen LogP contribution is 2.24. The number of pyridine rings is 1. The first kappa shape index (κ1) is 12.7. The van der Waals surface area contributed by atoms with E-state index in [1.807, 2.05) is 13.0 Å². The molecule has 1 aliphatic rings. The molecular weight excluding hydrogens is 258 g/mol. The molecule has 0 bridgehead atoms. The van der Waals surface area contributed by atoms with Gasteiger partial charge in [0, 0.05) is 19.3 Å². The summed E-state index contributed by atoms with van der Waals surface area (Å²) in [5.41, 5.74) is 1.47. The Bertz CT molecular complexity index is 679. The number of aromatic nitrogens is 2. The highest BCUT2D eigenvalue weighted by molar-refractivity contribution is 5.95. The van der Waals surface area contributed by atoms with Crippen LogP contribution in [0.1, 0.15) is 17.3 Å². The molecule has 6 nitrogen and oxygen atoms in total. The summed E-state index contributed by atoms with van der Waals surface area (Å²) in [5.74, 6) is -1.46. The molecule has 1 aliphatic heterocycles. The minimum Gasteiger partial charge on any atom is -0.481 e. The summed E-state index contributed by atoms with van der Waals surface area (Å²) < 4.78 is 1.78. The van der Waals surface area contributed by atoms with Crippen LogP contribution in [0.3, 0.4) is 0 Å². The maximum atomic E-state index is 12.4. The Hall–Kier alpha value is -2.37. The molecular formula is C14H15N3O3. The first-order valence-electron chi connectivity index (χ1n) is 6.50. The van der Waals surface area contributed by atoms with Crippen LogP contribution in [0.25, 0.3) is 5.52 Å². The van der Waals surface area contributed by atoms with Gasteiger partial charge in [0.15, 0.2) is 0 Å². The van der Waals surface area contributed by atoms with Crippen LogP contribution in [-0.4, -0.2) is 44.4 Å². The molecule has 6 heteroatoms. The number of carboxylic acids is 1. The normalized spacial score (nSPS) is 22.4. The van der Waals surface area contributed by atoms with Gasteiger partial charge in [-0.15, -0.1) is 0 Å². The third-order valence-electron chi connectivity index (χ3n) is 3.87. The van der Waals surface area contributed by atoms with Gasteiger partial charge in [-0.05, 0) is 18.1 Å². The van der Waals surface area contributed by atoms with Crippen LogP contribution in [0.5, 0.6) is 0 Å². The second-order valence-corrected chi connectivity index (χ2v) is 5.28. The largest absolute Gasteiger partial charge is 0.481 e. The van der Waals surface area contributed by atoms with Crippen LogP contribution < -0.4 is 0 Å². The van der Waals surface area contributed by atoms with Crippen LogP contribution in [0, 0.1) is 11.8 Å². The second-order valence-electron chi connectivity index (χ2n) is 5.28. The molecule has 0 spiro atoms. The van der Waals surface area contributed by atoms with Crippen molar-refractivity contribution in [1.29, 1.82) is 0 Å². The zero-order valence-electron chi connectivity index (χ0n) is 11.1. The Morgan fingerprint density at radius 1 is 1.35 bits per heavy atom. The van der Waals surface area contributed by atoms with E-state index in [2.05, 4.69) is 4.98 Å². The average molecular weight is 273 g/mol. The Morgan fingerprint density at radius 2 is 2.15 bits per heavy atom. The summed E-state index contributed by atoms with van der Waals surface area (Å²) in [4.78, 5) is 29.2. The highest BCUT2D eigenvalue weighted by atomic mass is 16.4. The molecule has 2 aromatic heterocycles. The van der Waals surface area contributed by atoms with Gasteiger partial charge < -0.3 is 14.4 Å². The summed E-state index contributed by atoms with van der Waals surface area (Å²) in [6.45, 7) is 2.63. The number of amides is 1. The van der Waals surface area contributed by atoms with E-state index in [1.165, 1.54) is 0 Å². The predicted molar refractivity (Wildman–Crippen MR) is 71.4 cm³/mol. The zero-order chi connectivity index (χ0) is 14.3. The molecule has 1 N–H and O–H groups in total. The highest BCUT2D eigenvalue weighted by Gasteiger charge is 2.37. The van der Waals surface area contributed by atoms with Crippen LogP contribution in [0.15, 0.2) is 30.9 Å². The number of carbonyl (C=O) groups is 2. The van der Waals surface area contributed by atoms with Crippen molar-refractivity contribution in [2.75, 3.05) is 13.1 Å². The third-order valence-corrected chi connectivity index (χ3v) is 3.87. The Morgan fingerprint density at radius 3 is 2.85 bits per heavy atom. The fourth-order valence-corrected chi connectivity index (χ4v) is 2.68. The lowest BCUT2D eigenvalue weighted by atomic mass is 9.99. The molecule has 3 heterocycles. The van der Waals surface area contributed by atoms with E-state index in [1.54, 1.807) is 34.1 Å². The maximum Gasteiger partial charge on any atom is 0.308 e. The second kappa shape index (κ2) is 4.63. The SMILES string of the molecule is C[C@@H]1CN(C(=O)c2ccc3cncn3c2)C[C@H]1C(=O)O. The number of carboxylic acid groups (broad SMARTS) is 1. The van der Waals surface area contributed by atoms with Gasteiger partial charge in [0.25, 0.3) is 5.91 Å². The molecule has 0 radical (unpaired) electrons. The molecule has 2 atom stereocenters. The number of hydrogen-bond donors (Lipinski definition) is 1. The number of imidazole rings is 1. The van der Waals surface area contributed by atoms with Crippen LogP contribution >= 0.6 is 0 Å². The average Bonchev–Trinajstić information content (AvgIpc) is 3.02. The van der Waals surface area contributed by atoms with Crippen LogP contribution in [0.4, 0.5) is 0 Å². The number of carbonyl (C=O) groups excluding carboxylic acids is 1. The van der Waals surface area contributed by atoms with Gasteiger partial charge in [0.2, 0.25) is 0 Å². The van der Waals surface area contributed by atoms with E-state index < -0.39 is 11.9 Å². The van der Waals surface area contributed by atoms with Crippen molar-refractivity contribution in [3.05, 3.63) is 36.4 Å². The summed E-state index contributed by atoms with van der Waals surface area (Å²) in [5, 5.41) is 9.12. The summed E-state index contributed by atoms with van der Waals surface area (Å²) in [6.07, 6.45) is 5.08. The van der Waals surface area contributed by atoms with Gasteiger partial charge >= 0.3 is 5.97 Å².